The zero-order valence-electron chi connectivity index (χ0n) is 16.4. The summed E-state index contributed by atoms with van der Waals surface area (Å²) in [6.45, 7) is 7.22. The standard InChI is InChI=1S/C23H28O4/c1-4-15-10-14(3)11-16(5-2)19(15)20-21(24)17-12-23(13-18(17)22(20)25)26-8-6-7-9-27-23/h6-7,10-11,17-18,20H,4-5,8-9,12-13H2,1-3H3/t17-,18+,20?. The van der Waals surface area contributed by atoms with Gasteiger partial charge in [0.15, 0.2) is 17.4 Å². The van der Waals surface area contributed by atoms with Gasteiger partial charge in [-0.2, -0.15) is 0 Å². The molecule has 3 atom stereocenters. The van der Waals surface area contributed by atoms with Crippen LogP contribution in [0, 0.1) is 18.8 Å². The van der Waals surface area contributed by atoms with Crippen LogP contribution in [0.2, 0.25) is 0 Å². The molecule has 4 rings (SSSR count). The van der Waals surface area contributed by atoms with Crippen molar-refractivity contribution in [1.82, 2.24) is 0 Å². The molecule has 0 aromatic heterocycles. The molecule has 1 aliphatic heterocycles. The zero-order chi connectivity index (χ0) is 19.2. The highest BCUT2D eigenvalue weighted by atomic mass is 16.7. The molecule has 27 heavy (non-hydrogen) atoms. The van der Waals surface area contributed by atoms with Crippen LogP contribution >= 0.6 is 0 Å². The second-order valence-electron chi connectivity index (χ2n) is 8.07. The van der Waals surface area contributed by atoms with Gasteiger partial charge in [0, 0.05) is 24.7 Å². The second kappa shape index (κ2) is 6.99. The Labute approximate surface area is 160 Å². The van der Waals surface area contributed by atoms with E-state index >= 15 is 0 Å². The van der Waals surface area contributed by atoms with Crippen molar-refractivity contribution in [1.29, 1.82) is 0 Å². The molecule has 3 aliphatic rings. The van der Waals surface area contributed by atoms with E-state index in [0.717, 1.165) is 29.5 Å². The summed E-state index contributed by atoms with van der Waals surface area (Å²) >= 11 is 0. The molecule has 144 valence electrons. The molecular formula is C23H28O4. The lowest BCUT2D eigenvalue weighted by atomic mass is 9.83. The van der Waals surface area contributed by atoms with E-state index in [1.165, 1.54) is 5.56 Å². The van der Waals surface area contributed by atoms with Crippen LogP contribution in [0.15, 0.2) is 24.3 Å². The molecule has 1 unspecified atom stereocenters. The van der Waals surface area contributed by atoms with E-state index in [9.17, 15) is 9.59 Å². The summed E-state index contributed by atoms with van der Waals surface area (Å²) in [6, 6.07) is 4.27. The van der Waals surface area contributed by atoms with Crippen molar-refractivity contribution in [2.24, 2.45) is 11.8 Å². The Morgan fingerprint density at radius 1 is 0.926 bits per heavy atom. The number of ketones is 2. The number of carbonyl (C=O) groups excluding carboxylic acids is 2. The van der Waals surface area contributed by atoms with Crippen molar-refractivity contribution in [2.45, 2.75) is 58.2 Å². The minimum Gasteiger partial charge on any atom is -0.346 e. The third-order valence-corrected chi connectivity index (χ3v) is 6.45. The fourth-order valence-electron chi connectivity index (χ4n) is 5.21. The lowest BCUT2D eigenvalue weighted by molar-refractivity contribution is -0.220. The van der Waals surface area contributed by atoms with Crippen LogP contribution < -0.4 is 0 Å². The number of hydrogen-bond acceptors (Lipinski definition) is 4. The van der Waals surface area contributed by atoms with Gasteiger partial charge in [0.2, 0.25) is 0 Å². The lowest BCUT2D eigenvalue weighted by Gasteiger charge is -2.29. The van der Waals surface area contributed by atoms with Crippen molar-refractivity contribution in [3.05, 3.63) is 46.5 Å². The van der Waals surface area contributed by atoms with Crippen molar-refractivity contribution >= 4 is 11.6 Å². The predicted molar refractivity (Wildman–Crippen MR) is 103 cm³/mol. The average Bonchev–Trinajstić information content (AvgIpc) is 3.00. The van der Waals surface area contributed by atoms with E-state index in [2.05, 4.69) is 32.9 Å². The summed E-state index contributed by atoms with van der Waals surface area (Å²) in [6.07, 6.45) is 6.52. The fraction of sp³-hybridized carbons (Fsp3) is 0.565. The number of fused-ring (bicyclic) bond motifs is 1. The molecule has 4 nitrogen and oxygen atoms in total. The maximum absolute atomic E-state index is 13.4. The molecular weight excluding hydrogens is 340 g/mol. The third kappa shape index (κ3) is 2.99. The molecule has 1 aromatic rings. The summed E-state index contributed by atoms with van der Waals surface area (Å²) in [7, 11) is 0. The second-order valence-corrected chi connectivity index (χ2v) is 8.07. The van der Waals surface area contributed by atoms with Crippen LogP contribution in [0.1, 0.15) is 54.9 Å². The first-order chi connectivity index (χ1) is 13.0. The quantitative estimate of drug-likeness (QED) is 0.603. The Morgan fingerprint density at radius 2 is 1.41 bits per heavy atom. The largest absolute Gasteiger partial charge is 0.346 e. The van der Waals surface area contributed by atoms with Gasteiger partial charge < -0.3 is 9.47 Å². The van der Waals surface area contributed by atoms with Crippen LogP contribution in [0.5, 0.6) is 0 Å². The van der Waals surface area contributed by atoms with E-state index in [0.29, 0.717) is 26.1 Å². The molecule has 1 heterocycles. The lowest BCUT2D eigenvalue weighted by Crippen LogP contribution is -2.35. The zero-order valence-corrected chi connectivity index (χ0v) is 16.4. The Bertz CT molecular complexity index is 746. The number of benzene rings is 1. The molecule has 0 amide bonds. The number of ether oxygens (including phenoxy) is 2. The minimum atomic E-state index is -0.774. The topological polar surface area (TPSA) is 52.6 Å². The van der Waals surface area contributed by atoms with Crippen molar-refractivity contribution in [3.8, 4) is 0 Å². The Balaban J connectivity index is 1.68. The maximum atomic E-state index is 13.4. The Hall–Kier alpha value is -1.78. The van der Waals surface area contributed by atoms with Crippen LogP contribution in [-0.4, -0.2) is 30.6 Å². The molecule has 1 aromatic carbocycles. The van der Waals surface area contributed by atoms with Gasteiger partial charge in [0.25, 0.3) is 0 Å². The van der Waals surface area contributed by atoms with Crippen LogP contribution in [0.4, 0.5) is 0 Å². The van der Waals surface area contributed by atoms with Gasteiger partial charge in [-0.25, -0.2) is 0 Å². The van der Waals surface area contributed by atoms with Gasteiger partial charge in [-0.05, 0) is 36.5 Å². The van der Waals surface area contributed by atoms with Gasteiger partial charge >= 0.3 is 0 Å². The number of carbonyl (C=O) groups is 2. The first-order valence-corrected chi connectivity index (χ1v) is 10.1. The summed E-state index contributed by atoms with van der Waals surface area (Å²) < 4.78 is 11.8. The van der Waals surface area contributed by atoms with Crippen molar-refractivity contribution < 1.29 is 19.1 Å². The fourth-order valence-corrected chi connectivity index (χ4v) is 5.21. The highest BCUT2D eigenvalue weighted by Crippen LogP contribution is 2.52. The Morgan fingerprint density at radius 3 is 1.85 bits per heavy atom. The predicted octanol–water partition coefficient (Wildman–Crippen LogP) is 3.68. The summed E-state index contributed by atoms with van der Waals surface area (Å²) in [5, 5.41) is 0. The number of rotatable bonds is 3. The van der Waals surface area contributed by atoms with E-state index < -0.39 is 11.7 Å². The van der Waals surface area contributed by atoms with Gasteiger partial charge in [-0.3, -0.25) is 9.59 Å². The molecule has 2 fully saturated rings. The molecule has 0 radical (unpaired) electrons. The highest BCUT2D eigenvalue weighted by molar-refractivity contribution is 6.16. The maximum Gasteiger partial charge on any atom is 0.170 e. The molecule has 0 N–H and O–H groups in total. The highest BCUT2D eigenvalue weighted by Gasteiger charge is 2.60. The minimum absolute atomic E-state index is 0.0690. The van der Waals surface area contributed by atoms with E-state index in [-0.39, 0.29) is 23.4 Å². The summed E-state index contributed by atoms with van der Waals surface area (Å²) in [4.78, 5) is 26.8. The van der Waals surface area contributed by atoms with Crippen LogP contribution in [-0.2, 0) is 31.9 Å². The monoisotopic (exact) mass is 368 g/mol. The van der Waals surface area contributed by atoms with Gasteiger partial charge in [0.1, 0.15) is 5.92 Å². The van der Waals surface area contributed by atoms with Gasteiger partial charge in [-0.1, -0.05) is 43.7 Å². The SMILES string of the molecule is CCc1cc(C)cc(CC)c1C1C(=O)[C@H]2CC3(C[C@H]2C1=O)OCC=CCO3. The van der Waals surface area contributed by atoms with Gasteiger partial charge in [0.05, 0.1) is 13.2 Å². The summed E-state index contributed by atoms with van der Waals surface area (Å²) in [5.74, 6) is -1.80. The van der Waals surface area contributed by atoms with Gasteiger partial charge in [-0.15, -0.1) is 0 Å². The van der Waals surface area contributed by atoms with E-state index in [1.807, 2.05) is 12.2 Å². The normalized spacial score (nSPS) is 29.4. The third-order valence-electron chi connectivity index (χ3n) is 6.45. The van der Waals surface area contributed by atoms with Crippen molar-refractivity contribution in [2.75, 3.05) is 13.2 Å². The van der Waals surface area contributed by atoms with Crippen molar-refractivity contribution in [3.63, 3.8) is 0 Å². The van der Waals surface area contributed by atoms with Crippen LogP contribution in [0.3, 0.4) is 0 Å². The summed E-state index contributed by atoms with van der Waals surface area (Å²) in [5.41, 5.74) is 4.45. The van der Waals surface area contributed by atoms with Crippen LogP contribution in [0.25, 0.3) is 0 Å². The molecule has 4 heteroatoms. The Kier molecular flexibility index (Phi) is 4.81. The van der Waals surface area contributed by atoms with E-state index in [1.54, 1.807) is 0 Å². The first-order valence-electron chi connectivity index (χ1n) is 10.1. The number of aryl methyl sites for hydroxylation is 3. The first kappa shape index (κ1) is 18.6. The molecule has 2 saturated carbocycles. The number of hydrogen-bond donors (Lipinski definition) is 0. The molecule has 2 aliphatic carbocycles. The molecule has 1 spiro atoms. The smallest absolute Gasteiger partial charge is 0.170 e. The number of Topliss-reactive ketones (excluding diaryl/α,β-unsaturated/α-hetero) is 2. The van der Waals surface area contributed by atoms with E-state index in [4.69, 9.17) is 9.47 Å². The molecule has 0 bridgehead atoms. The molecule has 0 saturated heterocycles. The average molecular weight is 368 g/mol.